The number of benzene rings is 2. The summed E-state index contributed by atoms with van der Waals surface area (Å²) in [5, 5.41) is 0. The predicted molar refractivity (Wildman–Crippen MR) is 118 cm³/mol. The Morgan fingerprint density at radius 1 is 1.03 bits per heavy atom. The zero-order valence-electron chi connectivity index (χ0n) is 17.7. The van der Waals surface area contributed by atoms with Crippen molar-refractivity contribution in [2.24, 2.45) is 5.92 Å². The molecule has 0 N–H and O–H groups in total. The van der Waals surface area contributed by atoms with Gasteiger partial charge in [-0.2, -0.15) is 0 Å². The molecule has 0 radical (unpaired) electrons. The van der Waals surface area contributed by atoms with Gasteiger partial charge in [0.05, 0.1) is 18.5 Å². The van der Waals surface area contributed by atoms with Crippen molar-refractivity contribution in [2.45, 2.75) is 40.2 Å². The Bertz CT molecular complexity index is 955. The van der Waals surface area contributed by atoms with E-state index < -0.39 is 10.0 Å². The van der Waals surface area contributed by atoms with Gasteiger partial charge in [-0.05, 0) is 61.4 Å². The Hall–Kier alpha value is -2.34. The Labute approximate surface area is 174 Å². The van der Waals surface area contributed by atoms with Gasteiger partial charge in [-0.25, -0.2) is 8.42 Å². The second kappa shape index (κ2) is 8.57. The first kappa shape index (κ1) is 21.4. The minimum Gasteiger partial charge on any atom is -0.339 e. The van der Waals surface area contributed by atoms with Gasteiger partial charge in [0.15, 0.2) is 0 Å². The highest BCUT2D eigenvalue weighted by atomic mass is 32.2. The summed E-state index contributed by atoms with van der Waals surface area (Å²) < 4.78 is 26.5. The van der Waals surface area contributed by atoms with Crippen molar-refractivity contribution in [3.63, 3.8) is 0 Å². The van der Waals surface area contributed by atoms with Crippen LogP contribution in [0.15, 0.2) is 42.5 Å². The Kier molecular flexibility index (Phi) is 6.32. The van der Waals surface area contributed by atoms with Crippen LogP contribution in [0, 0.1) is 19.8 Å². The Morgan fingerprint density at radius 3 is 2.10 bits per heavy atom. The summed E-state index contributed by atoms with van der Waals surface area (Å²) in [6.07, 6.45) is 3.32. The van der Waals surface area contributed by atoms with E-state index in [-0.39, 0.29) is 12.5 Å². The molecule has 6 heteroatoms. The van der Waals surface area contributed by atoms with Gasteiger partial charge in [0.2, 0.25) is 10.0 Å². The molecule has 3 rings (SSSR count). The molecule has 0 bridgehead atoms. The fourth-order valence-corrected chi connectivity index (χ4v) is 4.88. The minimum absolute atomic E-state index is 0.0539. The molecule has 1 aliphatic heterocycles. The standard InChI is InChI=1S/C23H30N2O3S/c1-17-12-14-24(15-13-17)23(26)21-10-8-20(9-11-21)16-25(29(4,27)28)22-18(2)6-5-7-19(22)3/h5-11,17H,12-16H2,1-4H3. The number of amides is 1. The maximum absolute atomic E-state index is 12.7. The summed E-state index contributed by atoms with van der Waals surface area (Å²) >= 11 is 0. The molecule has 1 saturated heterocycles. The third-order valence-electron chi connectivity index (χ3n) is 5.69. The molecule has 5 nitrogen and oxygen atoms in total. The number of sulfonamides is 1. The number of hydrogen-bond donors (Lipinski definition) is 0. The number of para-hydroxylation sites is 1. The molecule has 0 aromatic heterocycles. The van der Waals surface area contributed by atoms with Crippen molar-refractivity contribution in [3.05, 3.63) is 64.7 Å². The summed E-state index contributed by atoms with van der Waals surface area (Å²) in [6, 6.07) is 13.1. The molecule has 1 fully saturated rings. The summed E-state index contributed by atoms with van der Waals surface area (Å²) in [7, 11) is -3.45. The van der Waals surface area contributed by atoms with E-state index in [0.29, 0.717) is 11.5 Å². The molecular weight excluding hydrogens is 384 g/mol. The fourth-order valence-electron chi connectivity index (χ4n) is 3.87. The topological polar surface area (TPSA) is 57.7 Å². The molecule has 0 atom stereocenters. The number of piperidine rings is 1. The van der Waals surface area contributed by atoms with E-state index >= 15 is 0 Å². The van der Waals surface area contributed by atoms with E-state index in [4.69, 9.17) is 0 Å². The van der Waals surface area contributed by atoms with Gasteiger partial charge < -0.3 is 4.90 Å². The van der Waals surface area contributed by atoms with Crippen LogP contribution in [0.5, 0.6) is 0 Å². The molecule has 1 aliphatic rings. The smallest absolute Gasteiger partial charge is 0.253 e. The maximum Gasteiger partial charge on any atom is 0.253 e. The average Bonchev–Trinajstić information content (AvgIpc) is 2.67. The number of carbonyl (C=O) groups is 1. The zero-order chi connectivity index (χ0) is 21.2. The summed E-state index contributed by atoms with van der Waals surface area (Å²) in [4.78, 5) is 14.6. The lowest BCUT2D eigenvalue weighted by atomic mass is 9.98. The average molecular weight is 415 g/mol. The van der Waals surface area contributed by atoms with Gasteiger partial charge in [-0.1, -0.05) is 37.3 Å². The fraction of sp³-hybridized carbons (Fsp3) is 0.435. The van der Waals surface area contributed by atoms with Gasteiger partial charge in [-0.3, -0.25) is 9.10 Å². The van der Waals surface area contributed by atoms with Crippen LogP contribution in [0.25, 0.3) is 0 Å². The monoisotopic (exact) mass is 414 g/mol. The van der Waals surface area contributed by atoms with Crippen molar-refractivity contribution < 1.29 is 13.2 Å². The summed E-state index contributed by atoms with van der Waals surface area (Å²) in [5.74, 6) is 0.728. The number of aryl methyl sites for hydroxylation is 2. The predicted octanol–water partition coefficient (Wildman–Crippen LogP) is 4.14. The molecule has 0 unspecified atom stereocenters. The molecule has 2 aromatic rings. The first-order chi connectivity index (χ1) is 13.7. The molecule has 0 spiro atoms. The van der Waals surface area contributed by atoms with Crippen LogP contribution in [0.4, 0.5) is 5.69 Å². The molecule has 1 amide bonds. The number of anilines is 1. The normalized spacial score (nSPS) is 15.4. The lowest BCUT2D eigenvalue weighted by molar-refractivity contribution is 0.0697. The number of nitrogens with zero attached hydrogens (tertiary/aromatic N) is 2. The molecule has 1 heterocycles. The highest BCUT2D eigenvalue weighted by Gasteiger charge is 2.23. The zero-order valence-corrected chi connectivity index (χ0v) is 18.5. The maximum atomic E-state index is 12.7. The highest BCUT2D eigenvalue weighted by Crippen LogP contribution is 2.28. The second-order valence-electron chi connectivity index (χ2n) is 8.18. The van der Waals surface area contributed by atoms with E-state index in [0.717, 1.165) is 48.3 Å². The lowest BCUT2D eigenvalue weighted by Gasteiger charge is -2.30. The number of likely N-dealkylation sites (tertiary alicyclic amines) is 1. The lowest BCUT2D eigenvalue weighted by Crippen LogP contribution is -2.37. The van der Waals surface area contributed by atoms with Crippen molar-refractivity contribution in [1.82, 2.24) is 4.90 Å². The molecular formula is C23H30N2O3S. The molecule has 2 aromatic carbocycles. The van der Waals surface area contributed by atoms with Gasteiger partial charge in [0.25, 0.3) is 5.91 Å². The van der Waals surface area contributed by atoms with Crippen LogP contribution in [0.1, 0.15) is 46.8 Å². The minimum atomic E-state index is -3.45. The van der Waals surface area contributed by atoms with Crippen molar-refractivity contribution in [2.75, 3.05) is 23.7 Å². The third-order valence-corrected chi connectivity index (χ3v) is 6.80. The van der Waals surface area contributed by atoms with Crippen molar-refractivity contribution in [1.29, 1.82) is 0 Å². The van der Waals surface area contributed by atoms with Crippen molar-refractivity contribution in [3.8, 4) is 0 Å². The van der Waals surface area contributed by atoms with Gasteiger partial charge in [-0.15, -0.1) is 0 Å². The van der Waals surface area contributed by atoms with Gasteiger partial charge in [0.1, 0.15) is 0 Å². The second-order valence-corrected chi connectivity index (χ2v) is 10.1. The van der Waals surface area contributed by atoms with Crippen LogP contribution in [-0.2, 0) is 16.6 Å². The molecule has 0 saturated carbocycles. The van der Waals surface area contributed by atoms with E-state index in [2.05, 4.69) is 6.92 Å². The van der Waals surface area contributed by atoms with E-state index in [1.165, 1.54) is 10.6 Å². The van der Waals surface area contributed by atoms with Crippen LogP contribution in [-0.4, -0.2) is 38.6 Å². The Balaban J connectivity index is 1.80. The first-order valence-corrected chi connectivity index (χ1v) is 11.9. The quantitative estimate of drug-likeness (QED) is 0.739. The Morgan fingerprint density at radius 2 is 1.59 bits per heavy atom. The SMILES string of the molecule is Cc1cccc(C)c1N(Cc1ccc(C(=O)N2CCC(C)CC2)cc1)S(C)(=O)=O. The third kappa shape index (κ3) is 4.99. The summed E-state index contributed by atoms with van der Waals surface area (Å²) in [6.45, 7) is 7.90. The van der Waals surface area contributed by atoms with Crippen LogP contribution < -0.4 is 4.31 Å². The van der Waals surface area contributed by atoms with E-state index in [9.17, 15) is 13.2 Å². The first-order valence-electron chi connectivity index (χ1n) is 10.1. The molecule has 0 aliphatic carbocycles. The molecule has 156 valence electrons. The number of hydrogen-bond acceptors (Lipinski definition) is 3. The van der Waals surface area contributed by atoms with E-state index in [1.54, 1.807) is 12.1 Å². The molecule has 29 heavy (non-hydrogen) atoms. The largest absolute Gasteiger partial charge is 0.339 e. The van der Waals surface area contributed by atoms with Gasteiger partial charge in [0, 0.05) is 18.7 Å². The highest BCUT2D eigenvalue weighted by molar-refractivity contribution is 7.92. The summed E-state index contributed by atoms with van der Waals surface area (Å²) in [5.41, 5.74) is 4.06. The number of carbonyl (C=O) groups excluding carboxylic acids is 1. The van der Waals surface area contributed by atoms with Crippen LogP contribution >= 0.6 is 0 Å². The van der Waals surface area contributed by atoms with Crippen LogP contribution in [0.3, 0.4) is 0 Å². The van der Waals surface area contributed by atoms with Crippen molar-refractivity contribution >= 4 is 21.6 Å². The number of rotatable bonds is 5. The van der Waals surface area contributed by atoms with E-state index in [1.807, 2.05) is 49.1 Å². The van der Waals surface area contributed by atoms with Gasteiger partial charge >= 0.3 is 0 Å². The van der Waals surface area contributed by atoms with Crippen LogP contribution in [0.2, 0.25) is 0 Å².